The first kappa shape index (κ1) is 19.9. The van der Waals surface area contributed by atoms with Crippen LogP contribution in [0.25, 0.3) is 0 Å². The van der Waals surface area contributed by atoms with Gasteiger partial charge in [-0.3, -0.25) is 9.59 Å². The van der Waals surface area contributed by atoms with Crippen molar-refractivity contribution >= 4 is 46.7 Å². The van der Waals surface area contributed by atoms with Crippen molar-refractivity contribution in [3.05, 3.63) is 58.9 Å². The number of ether oxygens (including phenoxy) is 1. The molecular formula is C18H15ClFNO4S. The molecule has 0 saturated carbocycles. The van der Waals surface area contributed by atoms with E-state index in [9.17, 15) is 18.8 Å². The average molecular weight is 396 g/mol. The molecule has 0 fully saturated rings. The molecule has 5 nitrogen and oxygen atoms in total. The van der Waals surface area contributed by atoms with Gasteiger partial charge in [0.2, 0.25) is 0 Å². The number of hydrogen-bond acceptors (Lipinski definition) is 5. The lowest BCUT2D eigenvalue weighted by molar-refractivity contribution is -0.119. The lowest BCUT2D eigenvalue weighted by Gasteiger charge is -2.10. The molecule has 26 heavy (non-hydrogen) atoms. The fourth-order valence-electron chi connectivity index (χ4n) is 1.93. The van der Waals surface area contributed by atoms with Crippen LogP contribution in [0.2, 0.25) is 5.02 Å². The molecule has 0 radical (unpaired) electrons. The van der Waals surface area contributed by atoms with Crippen molar-refractivity contribution in [1.82, 2.24) is 0 Å². The third-order valence-electron chi connectivity index (χ3n) is 3.08. The number of nitrogens with one attached hydrogen (secondary N) is 1. The van der Waals surface area contributed by atoms with Gasteiger partial charge in [0.05, 0.1) is 22.0 Å². The van der Waals surface area contributed by atoms with Crippen LogP contribution >= 0.6 is 23.4 Å². The number of rotatable bonds is 7. The molecule has 2 aromatic rings. The van der Waals surface area contributed by atoms with Crippen molar-refractivity contribution < 1.29 is 23.5 Å². The zero-order valence-corrected chi connectivity index (χ0v) is 15.3. The standard InChI is InChI=1S/C18H15ClFNO4S/c1-11(22)10-26-16-5-3-2-4-13(16)18(24)25-9-17(23)21-15-7-6-12(20)8-14(15)19/h2-8H,9-10H2,1H3,(H,21,23). The van der Waals surface area contributed by atoms with Crippen LogP contribution in [0, 0.1) is 5.82 Å². The van der Waals surface area contributed by atoms with Gasteiger partial charge >= 0.3 is 5.97 Å². The van der Waals surface area contributed by atoms with E-state index < -0.39 is 24.3 Å². The average Bonchev–Trinajstić information content (AvgIpc) is 2.60. The molecule has 0 bridgehead atoms. The minimum absolute atomic E-state index is 0.0197. The maximum absolute atomic E-state index is 13.0. The number of thioether (sulfide) groups is 1. The predicted octanol–water partition coefficient (Wildman–Crippen LogP) is 3.96. The summed E-state index contributed by atoms with van der Waals surface area (Å²) in [7, 11) is 0. The Bertz CT molecular complexity index is 844. The monoisotopic (exact) mass is 395 g/mol. The van der Waals surface area contributed by atoms with Gasteiger partial charge in [-0.25, -0.2) is 9.18 Å². The van der Waals surface area contributed by atoms with E-state index in [1.165, 1.54) is 24.8 Å². The van der Waals surface area contributed by atoms with Crippen LogP contribution in [-0.4, -0.2) is 30.0 Å². The Balaban J connectivity index is 1.96. The van der Waals surface area contributed by atoms with Gasteiger partial charge in [0, 0.05) is 4.90 Å². The van der Waals surface area contributed by atoms with Crippen LogP contribution in [0.4, 0.5) is 10.1 Å². The lowest BCUT2D eigenvalue weighted by Crippen LogP contribution is -2.21. The Hall–Kier alpha value is -2.38. The second-order valence-corrected chi connectivity index (χ2v) is 6.66. The largest absolute Gasteiger partial charge is 0.452 e. The van der Waals surface area contributed by atoms with Crippen LogP contribution in [0.1, 0.15) is 17.3 Å². The van der Waals surface area contributed by atoms with Gasteiger partial charge in [-0.1, -0.05) is 23.7 Å². The summed E-state index contributed by atoms with van der Waals surface area (Å²) in [5.74, 6) is -1.61. The summed E-state index contributed by atoms with van der Waals surface area (Å²) in [6, 6.07) is 10.2. The molecule has 0 aliphatic rings. The van der Waals surface area contributed by atoms with Crippen LogP contribution in [0.15, 0.2) is 47.4 Å². The number of carbonyl (C=O) groups is 3. The van der Waals surface area contributed by atoms with Crippen LogP contribution < -0.4 is 5.32 Å². The van der Waals surface area contributed by atoms with Gasteiger partial charge in [-0.05, 0) is 37.3 Å². The van der Waals surface area contributed by atoms with E-state index in [1.807, 2.05) is 0 Å². The van der Waals surface area contributed by atoms with E-state index in [2.05, 4.69) is 5.32 Å². The van der Waals surface area contributed by atoms with E-state index in [1.54, 1.807) is 24.3 Å². The molecule has 2 rings (SSSR count). The molecule has 0 aromatic heterocycles. The summed E-state index contributed by atoms with van der Waals surface area (Å²) in [6.45, 7) is 0.928. The lowest BCUT2D eigenvalue weighted by atomic mass is 10.2. The predicted molar refractivity (Wildman–Crippen MR) is 98.2 cm³/mol. The molecule has 1 N–H and O–H groups in total. The second kappa shape index (κ2) is 9.35. The van der Waals surface area contributed by atoms with Gasteiger partial charge in [0.15, 0.2) is 6.61 Å². The Morgan fingerprint density at radius 1 is 1.19 bits per heavy atom. The van der Waals surface area contributed by atoms with Crippen LogP contribution in [-0.2, 0) is 14.3 Å². The summed E-state index contributed by atoms with van der Waals surface area (Å²) in [5, 5.41) is 2.47. The molecule has 2 aromatic carbocycles. The highest BCUT2D eigenvalue weighted by Gasteiger charge is 2.15. The number of ketones is 1. The normalized spacial score (nSPS) is 10.3. The summed E-state index contributed by atoms with van der Waals surface area (Å²) >= 11 is 7.04. The van der Waals surface area contributed by atoms with Crippen molar-refractivity contribution in [3.8, 4) is 0 Å². The molecule has 0 spiro atoms. The molecule has 0 heterocycles. The number of Topliss-reactive ketones (excluding diaryl/α,β-unsaturated/α-hetero) is 1. The third-order valence-corrected chi connectivity index (χ3v) is 4.61. The highest BCUT2D eigenvalue weighted by Crippen LogP contribution is 2.24. The first-order chi connectivity index (χ1) is 12.4. The summed E-state index contributed by atoms with van der Waals surface area (Å²) in [6.07, 6.45) is 0. The smallest absolute Gasteiger partial charge is 0.339 e. The van der Waals surface area contributed by atoms with Crippen molar-refractivity contribution in [2.45, 2.75) is 11.8 Å². The molecule has 0 unspecified atom stereocenters. The van der Waals surface area contributed by atoms with Crippen molar-refractivity contribution in [2.75, 3.05) is 17.7 Å². The van der Waals surface area contributed by atoms with Crippen LogP contribution in [0.5, 0.6) is 0 Å². The minimum atomic E-state index is -0.683. The molecule has 1 amide bonds. The number of halogens is 2. The first-order valence-electron chi connectivity index (χ1n) is 7.50. The summed E-state index contributed by atoms with van der Waals surface area (Å²) in [5.41, 5.74) is 0.484. The van der Waals surface area contributed by atoms with E-state index >= 15 is 0 Å². The quantitative estimate of drug-likeness (QED) is 0.567. The fourth-order valence-corrected chi connectivity index (χ4v) is 2.98. The van der Waals surface area contributed by atoms with Gasteiger partial charge in [-0.15, -0.1) is 11.8 Å². The van der Waals surface area contributed by atoms with Crippen molar-refractivity contribution in [2.24, 2.45) is 0 Å². The SMILES string of the molecule is CC(=O)CSc1ccccc1C(=O)OCC(=O)Nc1ccc(F)cc1Cl. The first-order valence-corrected chi connectivity index (χ1v) is 8.86. The van der Waals surface area contributed by atoms with E-state index in [0.29, 0.717) is 4.90 Å². The van der Waals surface area contributed by atoms with Crippen molar-refractivity contribution in [1.29, 1.82) is 0 Å². The molecular weight excluding hydrogens is 381 g/mol. The molecule has 0 aliphatic heterocycles. The van der Waals surface area contributed by atoms with E-state index in [-0.39, 0.29) is 27.8 Å². The second-order valence-electron chi connectivity index (χ2n) is 5.24. The van der Waals surface area contributed by atoms with Gasteiger partial charge < -0.3 is 10.1 Å². The Morgan fingerprint density at radius 2 is 1.92 bits per heavy atom. The number of amides is 1. The van der Waals surface area contributed by atoms with Gasteiger partial charge in [-0.2, -0.15) is 0 Å². The third kappa shape index (κ3) is 5.86. The van der Waals surface area contributed by atoms with E-state index in [0.717, 1.165) is 12.1 Å². The molecule has 136 valence electrons. The summed E-state index contributed by atoms with van der Waals surface area (Å²) in [4.78, 5) is 35.8. The van der Waals surface area contributed by atoms with Crippen molar-refractivity contribution in [3.63, 3.8) is 0 Å². The number of benzene rings is 2. The fraction of sp³-hybridized carbons (Fsp3) is 0.167. The zero-order valence-electron chi connectivity index (χ0n) is 13.8. The maximum atomic E-state index is 13.0. The number of hydrogen-bond donors (Lipinski definition) is 1. The maximum Gasteiger partial charge on any atom is 0.339 e. The molecule has 0 saturated heterocycles. The van der Waals surface area contributed by atoms with Crippen LogP contribution in [0.3, 0.4) is 0 Å². The van der Waals surface area contributed by atoms with Gasteiger partial charge in [0.25, 0.3) is 5.91 Å². The number of esters is 1. The summed E-state index contributed by atoms with van der Waals surface area (Å²) < 4.78 is 18.0. The Kier molecular flexibility index (Phi) is 7.17. The minimum Gasteiger partial charge on any atom is -0.452 e. The topological polar surface area (TPSA) is 72.5 Å². The zero-order chi connectivity index (χ0) is 19.1. The molecule has 0 atom stereocenters. The van der Waals surface area contributed by atoms with E-state index in [4.69, 9.17) is 16.3 Å². The highest BCUT2D eigenvalue weighted by molar-refractivity contribution is 8.00. The van der Waals surface area contributed by atoms with Gasteiger partial charge in [0.1, 0.15) is 11.6 Å². The Morgan fingerprint density at radius 3 is 2.62 bits per heavy atom. The highest BCUT2D eigenvalue weighted by atomic mass is 35.5. The number of anilines is 1. The Labute approximate surface area is 158 Å². The number of carbonyl (C=O) groups excluding carboxylic acids is 3. The molecule has 0 aliphatic carbocycles. The molecule has 8 heteroatoms.